The van der Waals surface area contributed by atoms with E-state index in [2.05, 4.69) is 12.2 Å². The highest BCUT2D eigenvalue weighted by Crippen LogP contribution is 2.40. The fourth-order valence-electron chi connectivity index (χ4n) is 3.68. The second-order valence-electron chi connectivity index (χ2n) is 7.02. The van der Waals surface area contributed by atoms with Crippen LogP contribution in [0.15, 0.2) is 24.3 Å². The van der Waals surface area contributed by atoms with E-state index < -0.39 is 5.97 Å². The molecule has 2 rings (SSSR count). The standard InChI is InChI=1S/C20H29ClO4S/c21-17-13-18(23)16(8-4-2-1-3-5-12-22)15(17)9-6-7-14-10-11-19(26-14)20(24)25/h4,8,10-11,15-18,22-23H,1-3,5-7,9,12-13H2,(H,24,25)/t15-,16-,17-,18-/m1/s1. The van der Waals surface area contributed by atoms with Crippen LogP contribution in [0.1, 0.15) is 59.5 Å². The molecule has 1 fully saturated rings. The maximum Gasteiger partial charge on any atom is 0.345 e. The molecule has 1 saturated carbocycles. The second kappa shape index (κ2) is 11.1. The second-order valence-corrected chi connectivity index (χ2v) is 8.75. The minimum atomic E-state index is -0.870. The van der Waals surface area contributed by atoms with E-state index in [-0.39, 0.29) is 29.9 Å². The number of rotatable bonds is 11. The van der Waals surface area contributed by atoms with Gasteiger partial charge in [-0.25, -0.2) is 4.79 Å². The third-order valence-electron chi connectivity index (χ3n) is 5.09. The van der Waals surface area contributed by atoms with Crippen molar-refractivity contribution in [2.45, 2.75) is 62.8 Å². The molecule has 3 N–H and O–H groups in total. The number of hydrogen-bond donors (Lipinski definition) is 3. The number of alkyl halides is 1. The molecule has 0 saturated heterocycles. The molecule has 0 unspecified atom stereocenters. The van der Waals surface area contributed by atoms with Crippen LogP contribution in [0.25, 0.3) is 0 Å². The van der Waals surface area contributed by atoms with Gasteiger partial charge in [-0.15, -0.1) is 22.9 Å². The molecule has 1 aromatic rings. The minimum absolute atomic E-state index is 0.00745. The van der Waals surface area contributed by atoms with E-state index in [0.717, 1.165) is 49.8 Å². The van der Waals surface area contributed by atoms with Crippen LogP contribution in [0, 0.1) is 11.8 Å². The Bertz CT molecular complexity index is 586. The Morgan fingerprint density at radius 1 is 1.27 bits per heavy atom. The number of unbranched alkanes of at least 4 members (excludes halogenated alkanes) is 3. The molecule has 26 heavy (non-hydrogen) atoms. The molecule has 1 heterocycles. The fourth-order valence-corrected chi connectivity index (χ4v) is 5.04. The highest BCUT2D eigenvalue weighted by Gasteiger charge is 2.39. The van der Waals surface area contributed by atoms with Crippen molar-refractivity contribution in [3.8, 4) is 0 Å². The van der Waals surface area contributed by atoms with Gasteiger partial charge < -0.3 is 15.3 Å². The topological polar surface area (TPSA) is 77.8 Å². The van der Waals surface area contributed by atoms with Gasteiger partial charge in [-0.1, -0.05) is 18.6 Å². The summed E-state index contributed by atoms with van der Waals surface area (Å²) >= 11 is 7.82. The van der Waals surface area contributed by atoms with E-state index in [1.54, 1.807) is 6.07 Å². The monoisotopic (exact) mass is 400 g/mol. The lowest BCUT2D eigenvalue weighted by Gasteiger charge is -2.20. The Labute approximate surface area is 164 Å². The first-order valence-corrected chi connectivity index (χ1v) is 10.7. The van der Waals surface area contributed by atoms with Crippen molar-refractivity contribution >= 4 is 28.9 Å². The number of aromatic carboxylic acids is 1. The summed E-state index contributed by atoms with van der Waals surface area (Å²) < 4.78 is 0. The molecule has 0 amide bonds. The van der Waals surface area contributed by atoms with Crippen LogP contribution in [-0.4, -0.2) is 39.4 Å². The van der Waals surface area contributed by atoms with Crippen molar-refractivity contribution in [2.75, 3.05) is 6.61 Å². The van der Waals surface area contributed by atoms with E-state index in [9.17, 15) is 9.90 Å². The van der Waals surface area contributed by atoms with Crippen LogP contribution in [0.2, 0.25) is 0 Å². The van der Waals surface area contributed by atoms with Gasteiger partial charge in [0, 0.05) is 22.8 Å². The maximum atomic E-state index is 10.9. The summed E-state index contributed by atoms with van der Waals surface area (Å²) in [6, 6.07) is 3.55. The molecular weight excluding hydrogens is 372 g/mol. The van der Waals surface area contributed by atoms with Crippen LogP contribution in [0.3, 0.4) is 0 Å². The molecule has 4 nitrogen and oxygen atoms in total. The first kappa shape index (κ1) is 21.4. The van der Waals surface area contributed by atoms with Crippen molar-refractivity contribution < 1.29 is 20.1 Å². The van der Waals surface area contributed by atoms with E-state index in [1.165, 1.54) is 11.3 Å². The first-order chi connectivity index (χ1) is 12.5. The van der Waals surface area contributed by atoms with Crippen molar-refractivity contribution in [3.05, 3.63) is 34.0 Å². The van der Waals surface area contributed by atoms with Crippen molar-refractivity contribution in [2.24, 2.45) is 11.8 Å². The molecule has 0 bridgehead atoms. The fraction of sp³-hybridized carbons (Fsp3) is 0.650. The van der Waals surface area contributed by atoms with Gasteiger partial charge in [0.2, 0.25) is 0 Å². The Balaban J connectivity index is 1.80. The van der Waals surface area contributed by atoms with E-state index in [0.29, 0.717) is 11.3 Å². The average molecular weight is 401 g/mol. The Kier molecular flexibility index (Phi) is 9.12. The number of carbonyl (C=O) groups is 1. The summed E-state index contributed by atoms with van der Waals surface area (Å²) in [5.74, 6) is -0.502. The predicted molar refractivity (Wildman–Crippen MR) is 106 cm³/mol. The Hall–Kier alpha value is -0.880. The average Bonchev–Trinajstić information content (AvgIpc) is 3.17. The van der Waals surface area contributed by atoms with Crippen LogP contribution in [0.5, 0.6) is 0 Å². The molecule has 0 spiro atoms. The zero-order chi connectivity index (χ0) is 18.9. The number of aliphatic hydroxyl groups excluding tert-OH is 2. The molecule has 1 aliphatic rings. The van der Waals surface area contributed by atoms with Crippen molar-refractivity contribution in [1.82, 2.24) is 0 Å². The molecule has 0 aromatic carbocycles. The van der Waals surface area contributed by atoms with Gasteiger partial charge in [0.15, 0.2) is 0 Å². The van der Waals surface area contributed by atoms with Gasteiger partial charge >= 0.3 is 5.97 Å². The van der Waals surface area contributed by atoms with E-state index in [1.807, 2.05) is 6.07 Å². The van der Waals surface area contributed by atoms with Crippen LogP contribution < -0.4 is 0 Å². The first-order valence-electron chi connectivity index (χ1n) is 9.44. The number of halogens is 1. The Morgan fingerprint density at radius 2 is 2.08 bits per heavy atom. The third-order valence-corrected chi connectivity index (χ3v) is 6.73. The highest BCUT2D eigenvalue weighted by atomic mass is 35.5. The lowest BCUT2D eigenvalue weighted by atomic mass is 9.89. The van der Waals surface area contributed by atoms with Crippen LogP contribution in [-0.2, 0) is 6.42 Å². The molecule has 0 aliphatic heterocycles. The van der Waals surface area contributed by atoms with Crippen molar-refractivity contribution in [3.63, 3.8) is 0 Å². The van der Waals surface area contributed by atoms with Gasteiger partial charge in [-0.05, 0) is 63.0 Å². The van der Waals surface area contributed by atoms with Crippen LogP contribution in [0.4, 0.5) is 0 Å². The molecule has 146 valence electrons. The van der Waals surface area contributed by atoms with Gasteiger partial charge in [-0.2, -0.15) is 0 Å². The summed E-state index contributed by atoms with van der Waals surface area (Å²) in [5.41, 5.74) is 0. The zero-order valence-corrected chi connectivity index (χ0v) is 16.6. The summed E-state index contributed by atoms with van der Waals surface area (Å²) in [6.07, 6.45) is 11.2. The van der Waals surface area contributed by atoms with E-state index >= 15 is 0 Å². The number of aryl methyl sites for hydroxylation is 1. The lowest BCUT2D eigenvalue weighted by Crippen LogP contribution is -2.18. The third kappa shape index (κ3) is 6.38. The summed E-state index contributed by atoms with van der Waals surface area (Å²) in [6.45, 7) is 0.249. The quantitative estimate of drug-likeness (QED) is 0.290. The summed E-state index contributed by atoms with van der Waals surface area (Å²) in [5, 5.41) is 28.1. The van der Waals surface area contributed by atoms with Crippen LogP contribution >= 0.6 is 22.9 Å². The van der Waals surface area contributed by atoms with E-state index in [4.69, 9.17) is 21.8 Å². The van der Waals surface area contributed by atoms with Gasteiger partial charge in [0.1, 0.15) is 4.88 Å². The summed E-state index contributed by atoms with van der Waals surface area (Å²) in [7, 11) is 0. The predicted octanol–water partition coefficient (Wildman–Crippen LogP) is 4.48. The minimum Gasteiger partial charge on any atom is -0.477 e. The Morgan fingerprint density at radius 3 is 2.77 bits per heavy atom. The molecule has 0 radical (unpaired) electrons. The zero-order valence-electron chi connectivity index (χ0n) is 15.0. The largest absolute Gasteiger partial charge is 0.477 e. The summed E-state index contributed by atoms with van der Waals surface area (Å²) in [4.78, 5) is 12.4. The SMILES string of the molecule is O=C(O)c1ccc(CCC[C@@H]2[C@@H](C=CCCCCCO)[C@H](O)C[C@H]2Cl)s1. The van der Waals surface area contributed by atoms with Gasteiger partial charge in [0.05, 0.1) is 6.10 Å². The number of aliphatic hydroxyl groups is 2. The van der Waals surface area contributed by atoms with Gasteiger partial charge in [-0.3, -0.25) is 0 Å². The maximum absolute atomic E-state index is 10.9. The number of thiophene rings is 1. The molecule has 4 atom stereocenters. The van der Waals surface area contributed by atoms with Gasteiger partial charge in [0.25, 0.3) is 0 Å². The number of allylic oxidation sites excluding steroid dienone is 1. The number of carboxylic acids is 1. The molecule has 1 aromatic heterocycles. The normalized spacial score (nSPS) is 26.0. The molecule has 6 heteroatoms. The van der Waals surface area contributed by atoms with Crippen molar-refractivity contribution in [1.29, 1.82) is 0 Å². The number of hydrogen-bond acceptors (Lipinski definition) is 4. The molecular formula is C20H29ClO4S. The highest BCUT2D eigenvalue weighted by molar-refractivity contribution is 7.13. The lowest BCUT2D eigenvalue weighted by molar-refractivity contribution is 0.0702. The number of carboxylic acid groups (broad SMARTS) is 1. The molecule has 1 aliphatic carbocycles. The smallest absolute Gasteiger partial charge is 0.345 e.